The van der Waals surface area contributed by atoms with Gasteiger partial charge in [0.05, 0.1) is 17.4 Å². The quantitative estimate of drug-likeness (QED) is 0.855. The fourth-order valence-corrected chi connectivity index (χ4v) is 2.72. The average molecular weight is 229 g/mol. The van der Waals surface area contributed by atoms with Crippen LogP contribution in [-0.4, -0.2) is 22.6 Å². The van der Waals surface area contributed by atoms with Gasteiger partial charge in [0.25, 0.3) is 0 Å². The number of imidazole rings is 1. The van der Waals surface area contributed by atoms with Crippen LogP contribution in [0.25, 0.3) is 11.0 Å². The maximum absolute atomic E-state index is 4.36. The Hall–Kier alpha value is -1.35. The molecule has 1 saturated heterocycles. The maximum atomic E-state index is 4.36. The molecule has 0 spiro atoms. The van der Waals surface area contributed by atoms with Crippen LogP contribution in [0.2, 0.25) is 0 Å². The third-order valence-electron chi connectivity index (χ3n) is 3.77. The van der Waals surface area contributed by atoms with Crippen LogP contribution < -0.4 is 5.32 Å². The van der Waals surface area contributed by atoms with Crippen molar-refractivity contribution in [3.05, 3.63) is 30.1 Å². The van der Waals surface area contributed by atoms with Gasteiger partial charge < -0.3 is 9.88 Å². The number of nitrogens with one attached hydrogen (secondary N) is 1. The van der Waals surface area contributed by atoms with Crippen molar-refractivity contribution in [1.82, 2.24) is 14.9 Å². The lowest BCUT2D eigenvalue weighted by Crippen LogP contribution is -2.28. The van der Waals surface area contributed by atoms with Crippen molar-refractivity contribution in [2.75, 3.05) is 13.1 Å². The summed E-state index contributed by atoms with van der Waals surface area (Å²) in [5.74, 6) is 0.849. The van der Waals surface area contributed by atoms with Gasteiger partial charge in [-0.05, 0) is 56.0 Å². The molecule has 0 radical (unpaired) electrons. The molecule has 1 aromatic carbocycles. The van der Waals surface area contributed by atoms with Crippen LogP contribution in [0.1, 0.15) is 18.4 Å². The van der Waals surface area contributed by atoms with Crippen molar-refractivity contribution in [3.8, 4) is 0 Å². The molecule has 1 aromatic heterocycles. The molecule has 2 heterocycles. The Balaban J connectivity index is 1.82. The standard InChI is InChI=1S/C14H19N3/c1-17-10-16-13-3-2-12(9-14(13)17)8-11-4-6-15-7-5-11/h2-3,9-11,15H,4-8H2,1H3. The molecule has 2 aromatic rings. The Morgan fingerprint density at radius 2 is 2.18 bits per heavy atom. The molecular formula is C14H19N3. The highest BCUT2D eigenvalue weighted by molar-refractivity contribution is 5.75. The van der Waals surface area contributed by atoms with E-state index < -0.39 is 0 Å². The van der Waals surface area contributed by atoms with Crippen molar-refractivity contribution in [2.24, 2.45) is 13.0 Å². The summed E-state index contributed by atoms with van der Waals surface area (Å²) in [5, 5.41) is 3.42. The molecule has 1 aliphatic heterocycles. The van der Waals surface area contributed by atoms with Crippen molar-refractivity contribution < 1.29 is 0 Å². The van der Waals surface area contributed by atoms with Crippen LogP contribution >= 0.6 is 0 Å². The summed E-state index contributed by atoms with van der Waals surface area (Å²) in [6.45, 7) is 2.36. The molecule has 1 N–H and O–H groups in total. The zero-order valence-electron chi connectivity index (χ0n) is 10.3. The molecule has 0 bridgehead atoms. The minimum absolute atomic E-state index is 0.849. The Labute approximate surface area is 102 Å². The molecule has 0 atom stereocenters. The molecule has 3 heteroatoms. The summed E-state index contributed by atoms with van der Waals surface area (Å²) >= 11 is 0. The minimum Gasteiger partial charge on any atom is -0.334 e. The van der Waals surface area contributed by atoms with Crippen molar-refractivity contribution >= 4 is 11.0 Å². The smallest absolute Gasteiger partial charge is 0.0955 e. The summed E-state index contributed by atoms with van der Waals surface area (Å²) < 4.78 is 2.10. The number of hydrogen-bond donors (Lipinski definition) is 1. The van der Waals surface area contributed by atoms with Gasteiger partial charge in [0.1, 0.15) is 0 Å². The van der Waals surface area contributed by atoms with Crippen LogP contribution in [0.15, 0.2) is 24.5 Å². The van der Waals surface area contributed by atoms with Gasteiger partial charge in [0, 0.05) is 7.05 Å². The molecule has 1 fully saturated rings. The fraction of sp³-hybridized carbons (Fsp3) is 0.500. The third-order valence-corrected chi connectivity index (χ3v) is 3.77. The van der Waals surface area contributed by atoms with Crippen LogP contribution in [0.3, 0.4) is 0 Å². The first-order valence-corrected chi connectivity index (χ1v) is 6.43. The second-order valence-electron chi connectivity index (χ2n) is 5.08. The fourth-order valence-electron chi connectivity index (χ4n) is 2.72. The van der Waals surface area contributed by atoms with Gasteiger partial charge in [0.2, 0.25) is 0 Å². The van der Waals surface area contributed by atoms with Gasteiger partial charge in [-0.3, -0.25) is 0 Å². The molecule has 3 rings (SSSR count). The maximum Gasteiger partial charge on any atom is 0.0955 e. The molecule has 0 unspecified atom stereocenters. The van der Waals surface area contributed by atoms with Gasteiger partial charge in [-0.15, -0.1) is 0 Å². The number of fused-ring (bicyclic) bond motifs is 1. The molecule has 90 valence electrons. The van der Waals surface area contributed by atoms with E-state index in [0.29, 0.717) is 0 Å². The Morgan fingerprint density at radius 1 is 1.35 bits per heavy atom. The number of nitrogens with zero attached hydrogens (tertiary/aromatic N) is 2. The molecule has 0 amide bonds. The Morgan fingerprint density at radius 3 is 3.00 bits per heavy atom. The number of hydrogen-bond acceptors (Lipinski definition) is 2. The van der Waals surface area contributed by atoms with Crippen LogP contribution in [-0.2, 0) is 13.5 Å². The Bertz CT molecular complexity index is 509. The van der Waals surface area contributed by atoms with E-state index in [4.69, 9.17) is 0 Å². The van der Waals surface area contributed by atoms with E-state index >= 15 is 0 Å². The minimum atomic E-state index is 0.849. The number of rotatable bonds is 2. The lowest BCUT2D eigenvalue weighted by atomic mass is 9.91. The molecule has 17 heavy (non-hydrogen) atoms. The summed E-state index contributed by atoms with van der Waals surface area (Å²) in [4.78, 5) is 4.36. The lowest BCUT2D eigenvalue weighted by Gasteiger charge is -2.22. The van der Waals surface area contributed by atoms with E-state index in [1.54, 1.807) is 0 Å². The van der Waals surface area contributed by atoms with E-state index in [9.17, 15) is 0 Å². The predicted molar refractivity (Wildman–Crippen MR) is 70.0 cm³/mol. The first-order valence-electron chi connectivity index (χ1n) is 6.43. The van der Waals surface area contributed by atoms with Crippen LogP contribution in [0.5, 0.6) is 0 Å². The van der Waals surface area contributed by atoms with Crippen LogP contribution in [0.4, 0.5) is 0 Å². The highest BCUT2D eigenvalue weighted by atomic mass is 15.0. The van der Waals surface area contributed by atoms with E-state index in [2.05, 4.69) is 40.1 Å². The average Bonchev–Trinajstić information content (AvgIpc) is 2.73. The van der Waals surface area contributed by atoms with E-state index in [1.807, 2.05) is 6.33 Å². The van der Waals surface area contributed by atoms with Crippen LogP contribution in [0, 0.1) is 5.92 Å². The van der Waals surface area contributed by atoms with Gasteiger partial charge in [-0.2, -0.15) is 0 Å². The second kappa shape index (κ2) is 4.49. The molecule has 0 saturated carbocycles. The summed E-state index contributed by atoms with van der Waals surface area (Å²) in [7, 11) is 2.06. The monoisotopic (exact) mass is 229 g/mol. The number of aryl methyl sites for hydroxylation is 1. The summed E-state index contributed by atoms with van der Waals surface area (Å²) in [5.41, 5.74) is 3.80. The van der Waals surface area contributed by atoms with E-state index in [-0.39, 0.29) is 0 Å². The first kappa shape index (κ1) is 10.8. The van der Waals surface area contributed by atoms with Gasteiger partial charge in [-0.1, -0.05) is 6.07 Å². The van der Waals surface area contributed by atoms with Gasteiger partial charge in [-0.25, -0.2) is 4.98 Å². The molecular weight excluding hydrogens is 210 g/mol. The third kappa shape index (κ3) is 2.20. The zero-order chi connectivity index (χ0) is 11.7. The Kier molecular flexibility index (Phi) is 2.85. The van der Waals surface area contributed by atoms with Crippen molar-refractivity contribution in [3.63, 3.8) is 0 Å². The van der Waals surface area contributed by atoms with Crippen molar-refractivity contribution in [1.29, 1.82) is 0 Å². The highest BCUT2D eigenvalue weighted by Crippen LogP contribution is 2.21. The second-order valence-corrected chi connectivity index (χ2v) is 5.08. The van der Waals surface area contributed by atoms with Gasteiger partial charge >= 0.3 is 0 Å². The number of aromatic nitrogens is 2. The normalized spacial score (nSPS) is 17.7. The molecule has 1 aliphatic rings. The number of piperidine rings is 1. The zero-order valence-corrected chi connectivity index (χ0v) is 10.3. The number of benzene rings is 1. The van der Waals surface area contributed by atoms with E-state index in [1.165, 1.54) is 43.4 Å². The summed E-state index contributed by atoms with van der Waals surface area (Å²) in [6, 6.07) is 6.67. The summed E-state index contributed by atoms with van der Waals surface area (Å²) in [6.07, 6.45) is 5.72. The SMILES string of the molecule is Cn1cnc2ccc(CC3CCNCC3)cc21. The highest BCUT2D eigenvalue weighted by Gasteiger charge is 2.13. The molecule has 0 aliphatic carbocycles. The largest absolute Gasteiger partial charge is 0.334 e. The van der Waals surface area contributed by atoms with Crippen molar-refractivity contribution in [2.45, 2.75) is 19.3 Å². The van der Waals surface area contributed by atoms with Gasteiger partial charge in [0.15, 0.2) is 0 Å². The molecule has 3 nitrogen and oxygen atoms in total. The van der Waals surface area contributed by atoms with E-state index in [0.717, 1.165) is 11.4 Å². The lowest BCUT2D eigenvalue weighted by molar-refractivity contribution is 0.373. The predicted octanol–water partition coefficient (Wildman–Crippen LogP) is 2.12. The first-order chi connectivity index (χ1) is 8.33. The topological polar surface area (TPSA) is 29.9 Å².